The molecule has 2 aromatic carbocycles. The zero-order valence-corrected chi connectivity index (χ0v) is 13.2. The second-order valence-electron chi connectivity index (χ2n) is 4.97. The van der Waals surface area contributed by atoms with E-state index in [-0.39, 0.29) is 5.91 Å². The highest BCUT2D eigenvalue weighted by atomic mass is 16.5. The summed E-state index contributed by atoms with van der Waals surface area (Å²) in [7, 11) is 0. The van der Waals surface area contributed by atoms with Gasteiger partial charge in [0.2, 0.25) is 5.91 Å². The van der Waals surface area contributed by atoms with Gasteiger partial charge in [-0.1, -0.05) is 0 Å². The first kappa shape index (κ1) is 16.8. The Balaban J connectivity index is 1.90. The molecule has 0 aliphatic rings. The van der Waals surface area contributed by atoms with Gasteiger partial charge in [0, 0.05) is 12.1 Å². The summed E-state index contributed by atoms with van der Waals surface area (Å²) in [5.41, 5.74) is 6.13. The number of ether oxygens (including phenoxy) is 2. The summed E-state index contributed by atoms with van der Waals surface area (Å²) in [6.45, 7) is 3.10. The van der Waals surface area contributed by atoms with Crippen LogP contribution in [0, 0.1) is 0 Å². The largest absolute Gasteiger partial charge is 0.494 e. The van der Waals surface area contributed by atoms with E-state index in [1.165, 1.54) is 0 Å². The Hall–Kier alpha value is -2.53. The summed E-state index contributed by atoms with van der Waals surface area (Å²) >= 11 is 0. The predicted molar refractivity (Wildman–Crippen MR) is 91.0 cm³/mol. The molecule has 2 aromatic rings. The molecular formula is C18H22N2O3. The van der Waals surface area contributed by atoms with Gasteiger partial charge in [0.05, 0.1) is 6.61 Å². The van der Waals surface area contributed by atoms with Gasteiger partial charge in [-0.15, -0.1) is 0 Å². The smallest absolute Gasteiger partial charge is 0.224 e. The van der Waals surface area contributed by atoms with Crippen LogP contribution in [0.1, 0.15) is 19.8 Å². The van der Waals surface area contributed by atoms with Crippen molar-refractivity contribution in [1.82, 2.24) is 0 Å². The molecule has 0 heterocycles. The zero-order valence-electron chi connectivity index (χ0n) is 13.2. The highest BCUT2D eigenvalue weighted by Gasteiger charge is 2.03. The number of anilines is 1. The number of carbonyl (C=O) groups excluding carboxylic acids is 1. The fraction of sp³-hybridized carbons (Fsp3) is 0.278. The van der Waals surface area contributed by atoms with Crippen LogP contribution in [-0.2, 0) is 4.79 Å². The Labute approximate surface area is 136 Å². The number of rotatable bonds is 8. The number of hydrogen-bond acceptors (Lipinski definition) is 4. The normalized spacial score (nSPS) is 10.2. The van der Waals surface area contributed by atoms with Gasteiger partial charge in [-0.2, -0.15) is 0 Å². The standard InChI is InChI=1S/C18H22N2O3/c1-2-22-15-9-11-17(12-10-15)23-16-7-5-14(6-8-16)20-18(21)4-3-13-19/h5-12H,2-4,13,19H2,1H3,(H,20,21). The summed E-state index contributed by atoms with van der Waals surface area (Å²) in [5.74, 6) is 2.22. The van der Waals surface area contributed by atoms with Gasteiger partial charge in [-0.25, -0.2) is 0 Å². The van der Waals surface area contributed by atoms with Crippen LogP contribution >= 0.6 is 0 Å². The quantitative estimate of drug-likeness (QED) is 0.781. The van der Waals surface area contributed by atoms with Crippen LogP contribution in [0.5, 0.6) is 17.2 Å². The molecule has 3 N–H and O–H groups in total. The first-order chi connectivity index (χ1) is 11.2. The maximum Gasteiger partial charge on any atom is 0.224 e. The molecule has 0 atom stereocenters. The highest BCUT2D eigenvalue weighted by molar-refractivity contribution is 5.90. The van der Waals surface area contributed by atoms with E-state index in [1.807, 2.05) is 55.5 Å². The number of nitrogens with one attached hydrogen (secondary N) is 1. The van der Waals surface area contributed by atoms with Crippen LogP contribution in [0.25, 0.3) is 0 Å². The van der Waals surface area contributed by atoms with Crippen molar-refractivity contribution in [3.8, 4) is 17.2 Å². The van der Waals surface area contributed by atoms with Crippen molar-refractivity contribution in [2.45, 2.75) is 19.8 Å². The molecule has 0 aliphatic carbocycles. The minimum atomic E-state index is -0.0318. The number of amides is 1. The molecule has 23 heavy (non-hydrogen) atoms. The molecule has 2 rings (SSSR count). The van der Waals surface area contributed by atoms with Crippen LogP contribution in [-0.4, -0.2) is 19.1 Å². The molecule has 5 nitrogen and oxygen atoms in total. The predicted octanol–water partition coefficient (Wildman–Crippen LogP) is 3.56. The van der Waals surface area contributed by atoms with Gasteiger partial charge in [0.25, 0.3) is 0 Å². The molecule has 0 fully saturated rings. The zero-order chi connectivity index (χ0) is 16.5. The maximum atomic E-state index is 11.6. The van der Waals surface area contributed by atoms with Crippen LogP contribution in [0.3, 0.4) is 0 Å². The van der Waals surface area contributed by atoms with E-state index in [2.05, 4.69) is 5.32 Å². The van der Waals surface area contributed by atoms with Gasteiger partial charge in [0.15, 0.2) is 0 Å². The minimum absolute atomic E-state index is 0.0318. The lowest BCUT2D eigenvalue weighted by molar-refractivity contribution is -0.116. The fourth-order valence-electron chi connectivity index (χ4n) is 2.00. The van der Waals surface area contributed by atoms with E-state index < -0.39 is 0 Å². The summed E-state index contributed by atoms with van der Waals surface area (Å²) in [6.07, 6.45) is 1.12. The van der Waals surface area contributed by atoms with Gasteiger partial charge in [-0.3, -0.25) is 4.79 Å². The Morgan fingerprint density at radius 3 is 2.13 bits per heavy atom. The van der Waals surface area contributed by atoms with Crippen molar-refractivity contribution in [3.63, 3.8) is 0 Å². The summed E-state index contributed by atoms with van der Waals surface area (Å²) < 4.78 is 11.1. The van der Waals surface area contributed by atoms with E-state index in [1.54, 1.807) is 0 Å². The molecule has 0 radical (unpaired) electrons. The molecule has 0 unspecified atom stereocenters. The topological polar surface area (TPSA) is 73.6 Å². The van der Waals surface area contributed by atoms with Gasteiger partial charge in [-0.05, 0) is 68.4 Å². The lowest BCUT2D eigenvalue weighted by Gasteiger charge is -2.09. The van der Waals surface area contributed by atoms with Crippen LogP contribution in [0.2, 0.25) is 0 Å². The van der Waals surface area contributed by atoms with Gasteiger partial charge in [0.1, 0.15) is 17.2 Å². The molecule has 1 amide bonds. The lowest BCUT2D eigenvalue weighted by Crippen LogP contribution is -2.13. The molecule has 0 aromatic heterocycles. The Morgan fingerprint density at radius 2 is 1.57 bits per heavy atom. The third-order valence-electron chi connectivity index (χ3n) is 3.12. The number of benzene rings is 2. The second-order valence-corrected chi connectivity index (χ2v) is 4.97. The van der Waals surface area contributed by atoms with E-state index in [9.17, 15) is 4.79 Å². The molecule has 0 bridgehead atoms. The third-order valence-corrected chi connectivity index (χ3v) is 3.12. The van der Waals surface area contributed by atoms with Crippen molar-refractivity contribution < 1.29 is 14.3 Å². The highest BCUT2D eigenvalue weighted by Crippen LogP contribution is 2.25. The van der Waals surface area contributed by atoms with Crippen molar-refractivity contribution in [3.05, 3.63) is 48.5 Å². The van der Waals surface area contributed by atoms with Gasteiger partial charge < -0.3 is 20.5 Å². The lowest BCUT2D eigenvalue weighted by atomic mass is 10.2. The summed E-state index contributed by atoms with van der Waals surface area (Å²) in [6, 6.07) is 14.7. The summed E-state index contributed by atoms with van der Waals surface area (Å²) in [5, 5.41) is 2.82. The van der Waals surface area contributed by atoms with Crippen LogP contribution < -0.4 is 20.5 Å². The average molecular weight is 314 g/mol. The Morgan fingerprint density at radius 1 is 1.00 bits per heavy atom. The molecule has 0 saturated heterocycles. The first-order valence-corrected chi connectivity index (χ1v) is 7.72. The van der Waals surface area contributed by atoms with Crippen molar-refractivity contribution in [1.29, 1.82) is 0 Å². The van der Waals surface area contributed by atoms with E-state index in [0.29, 0.717) is 31.7 Å². The van der Waals surface area contributed by atoms with Crippen molar-refractivity contribution in [2.24, 2.45) is 5.73 Å². The molecule has 0 aliphatic heterocycles. The average Bonchev–Trinajstić information content (AvgIpc) is 2.57. The SMILES string of the molecule is CCOc1ccc(Oc2ccc(NC(=O)CCCN)cc2)cc1. The monoisotopic (exact) mass is 314 g/mol. The number of nitrogens with two attached hydrogens (primary N) is 1. The Bertz CT molecular complexity index is 609. The molecule has 0 saturated carbocycles. The number of carbonyl (C=O) groups is 1. The maximum absolute atomic E-state index is 11.6. The van der Waals surface area contributed by atoms with Crippen molar-refractivity contribution >= 4 is 11.6 Å². The van der Waals surface area contributed by atoms with Crippen molar-refractivity contribution in [2.75, 3.05) is 18.5 Å². The minimum Gasteiger partial charge on any atom is -0.494 e. The molecule has 0 spiro atoms. The molecule has 5 heteroatoms. The summed E-state index contributed by atoms with van der Waals surface area (Å²) in [4.78, 5) is 11.6. The molecule has 122 valence electrons. The Kier molecular flexibility index (Phi) is 6.44. The fourth-order valence-corrected chi connectivity index (χ4v) is 2.00. The van der Waals surface area contributed by atoms with E-state index >= 15 is 0 Å². The first-order valence-electron chi connectivity index (χ1n) is 7.72. The van der Waals surface area contributed by atoms with E-state index in [4.69, 9.17) is 15.2 Å². The van der Waals surface area contributed by atoms with Gasteiger partial charge >= 0.3 is 0 Å². The van der Waals surface area contributed by atoms with Crippen LogP contribution in [0.4, 0.5) is 5.69 Å². The van der Waals surface area contributed by atoms with E-state index in [0.717, 1.165) is 17.2 Å². The third kappa shape index (κ3) is 5.64. The molecular weight excluding hydrogens is 292 g/mol. The second kappa shape index (κ2) is 8.80. The van der Waals surface area contributed by atoms with Crippen LogP contribution in [0.15, 0.2) is 48.5 Å². The number of hydrogen-bond donors (Lipinski definition) is 2.